The molecule has 0 fully saturated rings. The van der Waals surface area contributed by atoms with Gasteiger partial charge < -0.3 is 9.88 Å². The summed E-state index contributed by atoms with van der Waals surface area (Å²) in [5.41, 5.74) is 0.818. The van der Waals surface area contributed by atoms with E-state index < -0.39 is 0 Å². The number of aromatic nitrogens is 7. The molecule has 0 amide bonds. The number of nitrogens with zero attached hydrogens (tertiary/aromatic N) is 7. The van der Waals surface area contributed by atoms with Crippen LogP contribution in [0.4, 0.5) is 5.82 Å². The molecule has 3 aromatic heterocycles. The van der Waals surface area contributed by atoms with Crippen molar-refractivity contribution in [3.63, 3.8) is 0 Å². The van der Waals surface area contributed by atoms with Crippen molar-refractivity contribution in [1.29, 1.82) is 0 Å². The minimum absolute atomic E-state index is 0.627. The minimum Gasteiger partial charge on any atom is -0.372 e. The van der Waals surface area contributed by atoms with Gasteiger partial charge in [0.05, 0.1) is 17.3 Å². The van der Waals surface area contributed by atoms with Crippen molar-refractivity contribution in [2.45, 2.75) is 10.9 Å². The zero-order valence-electron chi connectivity index (χ0n) is 11.4. The van der Waals surface area contributed by atoms with Gasteiger partial charge in [-0.1, -0.05) is 11.8 Å². The molecule has 0 atom stereocenters. The van der Waals surface area contributed by atoms with Crippen LogP contribution in [0.2, 0.25) is 0 Å². The molecular formula is C11H14N8S. The Morgan fingerprint density at radius 3 is 2.85 bits per heavy atom. The summed E-state index contributed by atoms with van der Waals surface area (Å²) in [4.78, 5) is 9.05. The summed E-state index contributed by atoms with van der Waals surface area (Å²) in [5, 5.41) is 16.9. The summed E-state index contributed by atoms with van der Waals surface area (Å²) in [6, 6.07) is 0. The third kappa shape index (κ3) is 2.20. The standard InChI is InChI=1S/C11H14N8S/c1-12-9-7-4-14-19(3)10(7)16-8(15-9)5-20-11-17-13-6-18(11)2/h4,6H,5H2,1-3H3,(H,12,15,16). The number of nitrogens with one attached hydrogen (secondary N) is 1. The van der Waals surface area contributed by atoms with Crippen LogP contribution in [0.15, 0.2) is 17.7 Å². The van der Waals surface area contributed by atoms with E-state index in [1.54, 1.807) is 29.0 Å². The Kier molecular flexibility index (Phi) is 3.26. The highest BCUT2D eigenvalue weighted by Crippen LogP contribution is 2.23. The van der Waals surface area contributed by atoms with Crippen LogP contribution in [0.1, 0.15) is 5.82 Å². The van der Waals surface area contributed by atoms with Crippen molar-refractivity contribution in [1.82, 2.24) is 34.5 Å². The number of rotatable bonds is 4. The van der Waals surface area contributed by atoms with Crippen molar-refractivity contribution in [2.24, 2.45) is 14.1 Å². The van der Waals surface area contributed by atoms with Crippen molar-refractivity contribution >= 4 is 28.6 Å². The second-order valence-electron chi connectivity index (χ2n) is 4.26. The van der Waals surface area contributed by atoms with E-state index in [1.165, 1.54) is 0 Å². The van der Waals surface area contributed by atoms with Crippen molar-refractivity contribution in [2.75, 3.05) is 12.4 Å². The first-order valence-electron chi connectivity index (χ1n) is 6.02. The van der Waals surface area contributed by atoms with Gasteiger partial charge in [-0.25, -0.2) is 9.97 Å². The van der Waals surface area contributed by atoms with Crippen molar-refractivity contribution in [3.8, 4) is 0 Å². The molecule has 3 heterocycles. The monoisotopic (exact) mass is 290 g/mol. The lowest BCUT2D eigenvalue weighted by molar-refractivity contribution is 0.780. The number of thioether (sulfide) groups is 1. The van der Waals surface area contributed by atoms with Gasteiger partial charge in [0.25, 0.3) is 0 Å². The second-order valence-corrected chi connectivity index (χ2v) is 5.20. The minimum atomic E-state index is 0.627. The maximum atomic E-state index is 4.54. The zero-order chi connectivity index (χ0) is 14.1. The Labute approximate surface area is 119 Å². The summed E-state index contributed by atoms with van der Waals surface area (Å²) in [6.45, 7) is 0. The SMILES string of the molecule is CNc1nc(CSc2nncn2C)nc2c1cnn2C. The summed E-state index contributed by atoms with van der Waals surface area (Å²) in [7, 11) is 5.62. The molecule has 0 bridgehead atoms. The normalized spacial score (nSPS) is 11.2. The number of hydrogen-bond donors (Lipinski definition) is 1. The lowest BCUT2D eigenvalue weighted by Crippen LogP contribution is -2.02. The molecule has 9 heteroatoms. The molecule has 0 aromatic carbocycles. The molecule has 20 heavy (non-hydrogen) atoms. The number of anilines is 1. The number of fused-ring (bicyclic) bond motifs is 1. The third-order valence-corrected chi connectivity index (χ3v) is 3.91. The lowest BCUT2D eigenvalue weighted by Gasteiger charge is -2.05. The fraction of sp³-hybridized carbons (Fsp3) is 0.364. The van der Waals surface area contributed by atoms with Gasteiger partial charge in [-0.05, 0) is 0 Å². The fourth-order valence-electron chi connectivity index (χ4n) is 1.85. The van der Waals surface area contributed by atoms with Gasteiger partial charge in [-0.2, -0.15) is 5.10 Å². The van der Waals surface area contributed by atoms with E-state index in [-0.39, 0.29) is 0 Å². The van der Waals surface area contributed by atoms with E-state index >= 15 is 0 Å². The smallest absolute Gasteiger partial charge is 0.191 e. The number of aryl methyl sites for hydroxylation is 2. The van der Waals surface area contributed by atoms with Gasteiger partial charge >= 0.3 is 0 Å². The molecule has 104 valence electrons. The van der Waals surface area contributed by atoms with Crippen molar-refractivity contribution in [3.05, 3.63) is 18.3 Å². The molecular weight excluding hydrogens is 276 g/mol. The molecule has 0 saturated heterocycles. The molecule has 0 spiro atoms. The Balaban J connectivity index is 1.91. The average Bonchev–Trinajstić information content (AvgIpc) is 3.03. The topological polar surface area (TPSA) is 86.3 Å². The van der Waals surface area contributed by atoms with Gasteiger partial charge in [0.2, 0.25) is 0 Å². The maximum absolute atomic E-state index is 4.54. The molecule has 3 rings (SSSR count). The molecule has 3 aromatic rings. The van der Waals surface area contributed by atoms with Gasteiger partial charge in [0.1, 0.15) is 18.0 Å². The van der Waals surface area contributed by atoms with Crippen LogP contribution in [0.3, 0.4) is 0 Å². The lowest BCUT2D eigenvalue weighted by atomic mass is 10.4. The Bertz CT molecular complexity index is 746. The van der Waals surface area contributed by atoms with E-state index in [2.05, 4.69) is 30.6 Å². The number of hydrogen-bond acceptors (Lipinski definition) is 7. The maximum Gasteiger partial charge on any atom is 0.191 e. The zero-order valence-corrected chi connectivity index (χ0v) is 12.2. The highest BCUT2D eigenvalue weighted by atomic mass is 32.2. The predicted octanol–water partition coefficient (Wildman–Crippen LogP) is 0.826. The van der Waals surface area contributed by atoms with Crippen LogP contribution in [0.5, 0.6) is 0 Å². The molecule has 1 N–H and O–H groups in total. The molecule has 0 aliphatic rings. The highest BCUT2D eigenvalue weighted by molar-refractivity contribution is 7.98. The van der Waals surface area contributed by atoms with Gasteiger partial charge in [0.15, 0.2) is 10.8 Å². The van der Waals surface area contributed by atoms with Crippen molar-refractivity contribution < 1.29 is 0 Å². The first kappa shape index (κ1) is 12.9. The quantitative estimate of drug-likeness (QED) is 0.712. The molecule has 0 unspecified atom stereocenters. The van der Waals surface area contributed by atoms with E-state index in [1.807, 2.05) is 25.7 Å². The van der Waals surface area contributed by atoms with E-state index in [4.69, 9.17) is 0 Å². The van der Waals surface area contributed by atoms with E-state index in [0.29, 0.717) is 5.75 Å². The predicted molar refractivity (Wildman–Crippen MR) is 76.4 cm³/mol. The first-order chi connectivity index (χ1) is 9.69. The van der Waals surface area contributed by atoms with Gasteiger partial charge in [-0.15, -0.1) is 10.2 Å². The van der Waals surface area contributed by atoms with E-state index in [9.17, 15) is 0 Å². The summed E-state index contributed by atoms with van der Waals surface area (Å²) in [5.74, 6) is 2.15. The van der Waals surface area contributed by atoms with E-state index in [0.717, 1.165) is 27.8 Å². The van der Waals surface area contributed by atoms with Gasteiger partial charge in [-0.3, -0.25) is 4.68 Å². The highest BCUT2D eigenvalue weighted by Gasteiger charge is 2.11. The summed E-state index contributed by atoms with van der Waals surface area (Å²) < 4.78 is 3.61. The fourth-order valence-corrected chi connectivity index (χ4v) is 2.60. The van der Waals surface area contributed by atoms with Gasteiger partial charge in [0, 0.05) is 21.1 Å². The third-order valence-electron chi connectivity index (χ3n) is 2.88. The Morgan fingerprint density at radius 2 is 2.15 bits per heavy atom. The Morgan fingerprint density at radius 1 is 1.30 bits per heavy atom. The van der Waals surface area contributed by atoms with Crippen LogP contribution >= 0.6 is 11.8 Å². The molecule has 0 saturated carbocycles. The largest absolute Gasteiger partial charge is 0.372 e. The first-order valence-corrected chi connectivity index (χ1v) is 7.00. The van der Waals surface area contributed by atoms with Crippen LogP contribution in [-0.2, 0) is 19.8 Å². The summed E-state index contributed by atoms with van der Waals surface area (Å²) >= 11 is 1.55. The van der Waals surface area contributed by atoms with Crippen LogP contribution in [0.25, 0.3) is 11.0 Å². The second kappa shape index (κ2) is 5.08. The average molecular weight is 290 g/mol. The molecule has 8 nitrogen and oxygen atoms in total. The molecule has 0 aliphatic carbocycles. The van der Waals surface area contributed by atoms with Crippen LogP contribution in [0, 0.1) is 0 Å². The summed E-state index contributed by atoms with van der Waals surface area (Å²) in [6.07, 6.45) is 3.44. The van der Waals surface area contributed by atoms with Crippen LogP contribution < -0.4 is 5.32 Å². The molecule has 0 aliphatic heterocycles. The molecule has 0 radical (unpaired) electrons. The Hall–Kier alpha value is -2.16. The van der Waals surface area contributed by atoms with Crippen LogP contribution in [-0.4, -0.2) is 41.6 Å².